The molecule has 0 aliphatic heterocycles. The number of carbonyl (C=O) groups is 1. The molecule has 8 heteroatoms. The van der Waals surface area contributed by atoms with Crippen LogP contribution in [0.2, 0.25) is 0 Å². The van der Waals surface area contributed by atoms with Crippen molar-refractivity contribution in [2.45, 2.75) is 26.4 Å². The highest BCUT2D eigenvalue weighted by Crippen LogP contribution is 2.25. The predicted octanol–water partition coefficient (Wildman–Crippen LogP) is 3.97. The fourth-order valence-electron chi connectivity index (χ4n) is 3.89. The Kier molecular flexibility index (Phi) is 5.18. The maximum atomic E-state index is 13.8. The largest absolute Gasteiger partial charge is 0.383 e. The average molecular weight is 438 g/mol. The van der Waals surface area contributed by atoms with E-state index in [9.17, 15) is 4.79 Å². The number of rotatable bonds is 5. The lowest BCUT2D eigenvalue weighted by Crippen LogP contribution is -2.34. The minimum atomic E-state index is -0.356. The van der Waals surface area contributed by atoms with Gasteiger partial charge in [0.25, 0.3) is 5.91 Å². The normalized spacial score (nSPS) is 12.2. The van der Waals surface area contributed by atoms with Crippen LogP contribution in [0.5, 0.6) is 0 Å². The average Bonchev–Trinajstić information content (AvgIpc) is 3.25. The fourth-order valence-corrected chi connectivity index (χ4v) is 3.89. The molecule has 5 rings (SSSR count). The van der Waals surface area contributed by atoms with Gasteiger partial charge in [0.05, 0.1) is 29.3 Å². The molecule has 1 aromatic carbocycles. The topological polar surface area (TPSA) is 102 Å². The number of nitrogens with zero attached hydrogens (tertiary/aromatic N) is 6. The second-order valence-corrected chi connectivity index (χ2v) is 8.02. The van der Waals surface area contributed by atoms with Crippen molar-refractivity contribution in [1.29, 1.82) is 0 Å². The molecule has 33 heavy (non-hydrogen) atoms. The first-order chi connectivity index (χ1) is 16.0. The third kappa shape index (κ3) is 3.98. The van der Waals surface area contributed by atoms with Crippen LogP contribution < -0.4 is 5.73 Å². The molecule has 1 amide bonds. The van der Waals surface area contributed by atoms with Gasteiger partial charge in [-0.1, -0.05) is 6.07 Å². The van der Waals surface area contributed by atoms with Crippen molar-refractivity contribution in [3.05, 3.63) is 95.8 Å². The van der Waals surface area contributed by atoms with E-state index in [0.29, 0.717) is 23.8 Å². The quantitative estimate of drug-likeness (QED) is 0.446. The molecular formula is C25H23N7O. The van der Waals surface area contributed by atoms with E-state index in [1.807, 2.05) is 62.5 Å². The van der Waals surface area contributed by atoms with Crippen LogP contribution in [0.4, 0.5) is 5.82 Å². The van der Waals surface area contributed by atoms with Gasteiger partial charge in [-0.3, -0.25) is 4.79 Å². The molecule has 0 aliphatic carbocycles. The first-order valence-corrected chi connectivity index (χ1v) is 10.7. The first kappa shape index (κ1) is 20.6. The van der Waals surface area contributed by atoms with Crippen LogP contribution in [0.1, 0.15) is 40.4 Å². The summed E-state index contributed by atoms with van der Waals surface area (Å²) in [5.41, 5.74) is 9.87. The van der Waals surface area contributed by atoms with Gasteiger partial charge in [0.15, 0.2) is 0 Å². The highest BCUT2D eigenvalue weighted by Gasteiger charge is 2.26. The Morgan fingerprint density at radius 3 is 2.70 bits per heavy atom. The molecule has 2 N–H and O–H groups in total. The van der Waals surface area contributed by atoms with E-state index in [4.69, 9.17) is 5.73 Å². The van der Waals surface area contributed by atoms with Crippen LogP contribution in [0, 0.1) is 6.92 Å². The van der Waals surface area contributed by atoms with E-state index in [2.05, 4.69) is 20.1 Å². The number of nitrogen functional groups attached to an aromatic ring is 1. The lowest BCUT2D eigenvalue weighted by Gasteiger charge is -2.28. The Hall–Kier alpha value is -4.33. The van der Waals surface area contributed by atoms with Crippen molar-refractivity contribution < 1.29 is 4.79 Å². The van der Waals surface area contributed by atoms with E-state index in [1.165, 1.54) is 0 Å². The second-order valence-electron chi connectivity index (χ2n) is 8.02. The smallest absolute Gasteiger partial charge is 0.254 e. The third-order valence-electron chi connectivity index (χ3n) is 5.73. The summed E-state index contributed by atoms with van der Waals surface area (Å²) in [6.45, 7) is 4.15. The second kappa shape index (κ2) is 8.31. The predicted molar refractivity (Wildman–Crippen MR) is 126 cm³/mol. The van der Waals surface area contributed by atoms with E-state index in [-0.39, 0.29) is 11.9 Å². The zero-order chi connectivity index (χ0) is 22.9. The van der Waals surface area contributed by atoms with E-state index >= 15 is 0 Å². The van der Waals surface area contributed by atoms with Crippen LogP contribution in [-0.4, -0.2) is 35.4 Å². The zero-order valence-electron chi connectivity index (χ0n) is 18.4. The van der Waals surface area contributed by atoms with Gasteiger partial charge in [0.1, 0.15) is 11.6 Å². The highest BCUT2D eigenvalue weighted by molar-refractivity contribution is 5.98. The van der Waals surface area contributed by atoms with E-state index in [1.54, 1.807) is 33.9 Å². The molecule has 0 saturated carbocycles. The van der Waals surface area contributed by atoms with Crippen LogP contribution in [0.3, 0.4) is 0 Å². The highest BCUT2D eigenvalue weighted by atomic mass is 16.2. The lowest BCUT2D eigenvalue weighted by molar-refractivity contribution is 0.0663. The number of amides is 1. The molecule has 0 fully saturated rings. The van der Waals surface area contributed by atoms with Gasteiger partial charge in [0, 0.05) is 29.5 Å². The Morgan fingerprint density at radius 2 is 1.91 bits per heavy atom. The van der Waals surface area contributed by atoms with Crippen LogP contribution >= 0.6 is 0 Å². The number of aryl methyl sites for hydroxylation is 1. The molecule has 0 bridgehead atoms. The Morgan fingerprint density at radius 1 is 1.09 bits per heavy atom. The SMILES string of the molecule is Cc1cc2cc(C(=O)N(Cc3cc4ccccn4n3)C(C)c3ncccn3)ccc2nc1N. The lowest BCUT2D eigenvalue weighted by atomic mass is 10.1. The van der Waals surface area contributed by atoms with Crippen LogP contribution in [-0.2, 0) is 6.54 Å². The van der Waals surface area contributed by atoms with Crippen molar-refractivity contribution >= 4 is 28.1 Å². The van der Waals surface area contributed by atoms with Crippen LogP contribution in [0.15, 0.2) is 73.2 Å². The number of nitrogens with two attached hydrogens (primary N) is 1. The number of benzene rings is 1. The van der Waals surface area contributed by atoms with Crippen molar-refractivity contribution in [3.8, 4) is 0 Å². The maximum absolute atomic E-state index is 13.8. The fraction of sp³-hybridized carbons (Fsp3) is 0.160. The van der Waals surface area contributed by atoms with Crippen molar-refractivity contribution in [3.63, 3.8) is 0 Å². The Balaban J connectivity index is 1.54. The molecule has 4 heterocycles. The molecule has 164 valence electrons. The molecule has 4 aromatic heterocycles. The van der Waals surface area contributed by atoms with Crippen molar-refractivity contribution in [2.75, 3.05) is 5.73 Å². The first-order valence-electron chi connectivity index (χ1n) is 10.7. The summed E-state index contributed by atoms with van der Waals surface area (Å²) in [4.78, 5) is 28.7. The summed E-state index contributed by atoms with van der Waals surface area (Å²) in [6.07, 6.45) is 5.25. The standard InChI is InChI=1S/C25H23N7O/c1-16-12-19-13-18(7-8-22(19)29-23(16)26)25(33)31(17(2)24-27-9-5-10-28-24)15-20-14-21-6-3-4-11-32(21)30-20/h3-14,17H,15H2,1-2H3,(H2,26,29). The maximum Gasteiger partial charge on any atom is 0.254 e. The molecule has 5 aromatic rings. The molecule has 1 atom stereocenters. The van der Waals surface area contributed by atoms with Gasteiger partial charge in [-0.25, -0.2) is 19.5 Å². The van der Waals surface area contributed by atoms with Gasteiger partial charge in [-0.15, -0.1) is 0 Å². The third-order valence-corrected chi connectivity index (χ3v) is 5.73. The molecule has 0 spiro atoms. The molecule has 0 saturated heterocycles. The molecule has 8 nitrogen and oxygen atoms in total. The Labute approximate surface area is 190 Å². The number of hydrogen-bond donors (Lipinski definition) is 1. The number of anilines is 1. The molecule has 1 unspecified atom stereocenters. The van der Waals surface area contributed by atoms with Gasteiger partial charge in [0.2, 0.25) is 0 Å². The summed E-state index contributed by atoms with van der Waals surface area (Å²) in [7, 11) is 0. The molecular weight excluding hydrogens is 414 g/mol. The zero-order valence-corrected chi connectivity index (χ0v) is 18.4. The monoisotopic (exact) mass is 437 g/mol. The number of pyridine rings is 2. The van der Waals surface area contributed by atoms with Crippen molar-refractivity contribution in [2.24, 2.45) is 0 Å². The molecule has 0 aliphatic rings. The van der Waals surface area contributed by atoms with Gasteiger partial charge < -0.3 is 10.6 Å². The summed E-state index contributed by atoms with van der Waals surface area (Å²) in [6, 6.07) is 16.7. The summed E-state index contributed by atoms with van der Waals surface area (Å²) in [5.74, 6) is 0.925. The number of fused-ring (bicyclic) bond motifs is 2. The number of aromatic nitrogens is 5. The van der Waals surface area contributed by atoms with E-state index in [0.717, 1.165) is 27.7 Å². The number of hydrogen-bond acceptors (Lipinski definition) is 6. The van der Waals surface area contributed by atoms with Gasteiger partial charge >= 0.3 is 0 Å². The van der Waals surface area contributed by atoms with Crippen LogP contribution in [0.25, 0.3) is 16.4 Å². The summed E-state index contributed by atoms with van der Waals surface area (Å²) < 4.78 is 1.80. The van der Waals surface area contributed by atoms with E-state index < -0.39 is 0 Å². The summed E-state index contributed by atoms with van der Waals surface area (Å²) in [5, 5.41) is 5.50. The number of carbonyl (C=O) groups excluding carboxylic acids is 1. The molecule has 0 radical (unpaired) electrons. The van der Waals surface area contributed by atoms with Gasteiger partial charge in [-0.05, 0) is 67.9 Å². The Bertz CT molecular complexity index is 1430. The van der Waals surface area contributed by atoms with Gasteiger partial charge in [-0.2, -0.15) is 5.10 Å². The van der Waals surface area contributed by atoms with Crippen molar-refractivity contribution in [1.82, 2.24) is 29.5 Å². The minimum absolute atomic E-state index is 0.136. The summed E-state index contributed by atoms with van der Waals surface area (Å²) >= 11 is 0. The minimum Gasteiger partial charge on any atom is -0.383 e.